The maximum Gasteiger partial charge on any atom is 0.244 e. The molecule has 0 fully saturated rings. The Kier molecular flexibility index (Phi) is 7.69. The first kappa shape index (κ1) is 23.7. The van der Waals surface area contributed by atoms with Gasteiger partial charge in [-0.15, -0.1) is 0 Å². The van der Waals surface area contributed by atoms with Crippen LogP contribution >= 0.6 is 22.9 Å². The molecule has 0 spiro atoms. The lowest BCUT2D eigenvalue weighted by atomic mass is 10.2. The summed E-state index contributed by atoms with van der Waals surface area (Å²) >= 11 is 7.60. The molecule has 1 aromatic heterocycles. The molecule has 1 amide bonds. The van der Waals surface area contributed by atoms with E-state index < -0.39 is 21.5 Å². The summed E-state index contributed by atoms with van der Waals surface area (Å²) in [5.41, 5.74) is 1.57. The van der Waals surface area contributed by atoms with Crippen molar-refractivity contribution in [1.29, 1.82) is 0 Å². The molecule has 0 atom stereocenters. The highest BCUT2D eigenvalue weighted by atomic mass is 35.5. The van der Waals surface area contributed by atoms with Gasteiger partial charge in [-0.2, -0.15) is 0 Å². The Balaban J connectivity index is 1.91. The molecule has 0 saturated carbocycles. The van der Waals surface area contributed by atoms with Gasteiger partial charge in [0.15, 0.2) is 15.0 Å². The van der Waals surface area contributed by atoms with Gasteiger partial charge in [-0.25, -0.2) is 13.4 Å². The number of likely N-dealkylation sites (N-methyl/N-ethyl adjacent to an activating group) is 1. The van der Waals surface area contributed by atoms with Crippen LogP contribution < -0.4 is 4.90 Å². The second-order valence-corrected chi connectivity index (χ2v) is 10.6. The number of para-hydroxylation sites is 1. The molecule has 0 unspecified atom stereocenters. The number of fused-ring (bicyclic) bond motifs is 1. The molecule has 0 bridgehead atoms. The minimum atomic E-state index is -3.77. The van der Waals surface area contributed by atoms with Gasteiger partial charge in [-0.1, -0.05) is 60.5 Å². The number of sulfone groups is 1. The summed E-state index contributed by atoms with van der Waals surface area (Å²) in [4.78, 5) is 21.6. The third-order valence-electron chi connectivity index (χ3n) is 5.12. The first-order valence-electron chi connectivity index (χ1n) is 10.1. The first-order valence-corrected chi connectivity index (χ1v) is 13.0. The maximum absolute atomic E-state index is 13.2. The zero-order valence-corrected chi connectivity index (χ0v) is 20.2. The maximum atomic E-state index is 13.2. The molecule has 6 nitrogen and oxygen atoms in total. The largest absolute Gasteiger partial charge is 0.302 e. The molecular formula is C22H26ClN3O3S2. The lowest BCUT2D eigenvalue weighted by Crippen LogP contribution is -2.41. The Morgan fingerprint density at radius 1 is 1.06 bits per heavy atom. The van der Waals surface area contributed by atoms with E-state index in [-0.39, 0.29) is 4.90 Å². The number of benzene rings is 2. The normalized spacial score (nSPS) is 11.9. The predicted molar refractivity (Wildman–Crippen MR) is 128 cm³/mol. The van der Waals surface area contributed by atoms with E-state index in [2.05, 4.69) is 23.7 Å². The van der Waals surface area contributed by atoms with E-state index in [9.17, 15) is 13.2 Å². The van der Waals surface area contributed by atoms with Crippen molar-refractivity contribution >= 4 is 54.0 Å². The minimum absolute atomic E-state index is 0.141. The standard InChI is InChI=1S/C22H26ClN3O3S2/c1-4-25(5-2)13-14-26(22-24-21-18(23)7-6-8-19(21)30-22)20(27)15-31(28,29)17-11-9-16(3)10-12-17/h6-12H,4-5,13-15H2,1-3H3. The molecule has 0 saturated heterocycles. The number of rotatable bonds is 9. The van der Waals surface area contributed by atoms with Crippen molar-refractivity contribution in [2.45, 2.75) is 25.7 Å². The fourth-order valence-corrected chi connectivity index (χ4v) is 5.70. The second-order valence-electron chi connectivity index (χ2n) is 7.23. The molecule has 3 aromatic rings. The lowest BCUT2D eigenvalue weighted by molar-refractivity contribution is -0.116. The highest BCUT2D eigenvalue weighted by Gasteiger charge is 2.27. The summed E-state index contributed by atoms with van der Waals surface area (Å²) in [6.45, 7) is 8.63. The van der Waals surface area contributed by atoms with Gasteiger partial charge in [0.1, 0.15) is 11.3 Å². The number of hydrogen-bond donors (Lipinski definition) is 0. The van der Waals surface area contributed by atoms with Crippen LogP contribution in [0, 0.1) is 6.92 Å². The van der Waals surface area contributed by atoms with Crippen molar-refractivity contribution in [3.63, 3.8) is 0 Å². The predicted octanol–water partition coefficient (Wildman–Crippen LogP) is 4.41. The molecule has 0 aliphatic heterocycles. The zero-order valence-electron chi connectivity index (χ0n) is 17.8. The van der Waals surface area contributed by atoms with Gasteiger partial charge in [0, 0.05) is 13.1 Å². The Morgan fingerprint density at radius 3 is 2.35 bits per heavy atom. The smallest absolute Gasteiger partial charge is 0.244 e. The van der Waals surface area contributed by atoms with Gasteiger partial charge in [0.25, 0.3) is 0 Å². The topological polar surface area (TPSA) is 70.6 Å². The van der Waals surface area contributed by atoms with Crippen molar-refractivity contribution < 1.29 is 13.2 Å². The summed E-state index contributed by atoms with van der Waals surface area (Å²) in [5.74, 6) is -1.11. The van der Waals surface area contributed by atoms with E-state index in [0.717, 1.165) is 23.4 Å². The molecule has 166 valence electrons. The van der Waals surface area contributed by atoms with Crippen molar-refractivity contribution in [3.05, 3.63) is 53.1 Å². The number of anilines is 1. The third kappa shape index (κ3) is 5.63. The number of nitrogens with zero attached hydrogens (tertiary/aromatic N) is 3. The third-order valence-corrected chi connectivity index (χ3v) is 8.08. The van der Waals surface area contributed by atoms with Crippen LogP contribution in [0.25, 0.3) is 10.2 Å². The minimum Gasteiger partial charge on any atom is -0.302 e. The number of aromatic nitrogens is 1. The van der Waals surface area contributed by atoms with Crippen LogP contribution in [0.5, 0.6) is 0 Å². The highest BCUT2D eigenvalue weighted by molar-refractivity contribution is 7.92. The zero-order chi connectivity index (χ0) is 22.6. The molecule has 0 radical (unpaired) electrons. The van der Waals surface area contributed by atoms with Gasteiger partial charge in [0.05, 0.1) is 14.6 Å². The Bertz CT molecular complexity index is 1160. The van der Waals surface area contributed by atoms with Crippen LogP contribution in [0.3, 0.4) is 0 Å². The molecule has 9 heteroatoms. The molecular weight excluding hydrogens is 454 g/mol. The number of hydrogen-bond acceptors (Lipinski definition) is 6. The van der Waals surface area contributed by atoms with Crippen molar-refractivity contribution in [3.8, 4) is 0 Å². The molecule has 0 aliphatic carbocycles. The molecule has 31 heavy (non-hydrogen) atoms. The van der Waals surface area contributed by atoms with Crippen LogP contribution in [0.15, 0.2) is 47.4 Å². The van der Waals surface area contributed by atoms with E-state index in [0.29, 0.717) is 28.8 Å². The molecule has 0 N–H and O–H groups in total. The Morgan fingerprint density at radius 2 is 1.74 bits per heavy atom. The summed E-state index contributed by atoms with van der Waals surface area (Å²) in [5, 5.41) is 0.961. The average molecular weight is 480 g/mol. The second kappa shape index (κ2) is 10.1. The van der Waals surface area contributed by atoms with Crippen LogP contribution in [0.1, 0.15) is 19.4 Å². The van der Waals surface area contributed by atoms with Gasteiger partial charge >= 0.3 is 0 Å². The number of halogens is 1. The van der Waals surface area contributed by atoms with E-state index in [1.807, 2.05) is 19.1 Å². The van der Waals surface area contributed by atoms with Gasteiger partial charge in [0.2, 0.25) is 5.91 Å². The summed E-state index contributed by atoms with van der Waals surface area (Å²) in [6, 6.07) is 12.0. The van der Waals surface area contributed by atoms with E-state index in [4.69, 9.17) is 11.6 Å². The van der Waals surface area contributed by atoms with Crippen LogP contribution in [0.2, 0.25) is 5.02 Å². The highest BCUT2D eigenvalue weighted by Crippen LogP contribution is 2.33. The number of amides is 1. The number of aryl methyl sites for hydroxylation is 1. The van der Waals surface area contributed by atoms with Crippen molar-refractivity contribution in [1.82, 2.24) is 9.88 Å². The van der Waals surface area contributed by atoms with Crippen molar-refractivity contribution in [2.24, 2.45) is 0 Å². The first-order chi connectivity index (χ1) is 14.7. The average Bonchev–Trinajstić information content (AvgIpc) is 3.16. The fraction of sp³-hybridized carbons (Fsp3) is 0.364. The van der Waals surface area contributed by atoms with Crippen LogP contribution in [-0.4, -0.2) is 56.1 Å². The summed E-state index contributed by atoms with van der Waals surface area (Å²) in [7, 11) is -3.77. The molecule has 0 aliphatic rings. The van der Waals surface area contributed by atoms with Gasteiger partial charge < -0.3 is 4.90 Å². The van der Waals surface area contributed by atoms with E-state index >= 15 is 0 Å². The van der Waals surface area contributed by atoms with Gasteiger partial charge in [-0.05, 0) is 44.3 Å². The number of carbonyl (C=O) groups is 1. The Hall–Kier alpha value is -2.00. The van der Waals surface area contributed by atoms with Crippen molar-refractivity contribution in [2.75, 3.05) is 36.8 Å². The van der Waals surface area contributed by atoms with E-state index in [1.54, 1.807) is 18.2 Å². The van der Waals surface area contributed by atoms with Crippen LogP contribution in [-0.2, 0) is 14.6 Å². The van der Waals surface area contributed by atoms with E-state index in [1.165, 1.54) is 28.4 Å². The molecule has 1 heterocycles. The fourth-order valence-electron chi connectivity index (χ4n) is 3.20. The summed E-state index contributed by atoms with van der Waals surface area (Å²) in [6.07, 6.45) is 0. The SMILES string of the molecule is CCN(CC)CCN(C(=O)CS(=O)(=O)c1ccc(C)cc1)c1nc2c(Cl)cccc2s1. The lowest BCUT2D eigenvalue weighted by Gasteiger charge is -2.24. The van der Waals surface area contributed by atoms with Gasteiger partial charge in [-0.3, -0.25) is 9.69 Å². The molecule has 2 aromatic carbocycles. The Labute approximate surface area is 192 Å². The number of thiazole rings is 1. The summed E-state index contributed by atoms with van der Waals surface area (Å²) < 4.78 is 26.6. The monoisotopic (exact) mass is 479 g/mol. The molecule has 3 rings (SSSR count). The number of carbonyl (C=O) groups excluding carboxylic acids is 1. The quantitative estimate of drug-likeness (QED) is 0.454. The van der Waals surface area contributed by atoms with Crippen LogP contribution in [0.4, 0.5) is 5.13 Å².